The lowest BCUT2D eigenvalue weighted by Gasteiger charge is -2.21. The van der Waals surface area contributed by atoms with E-state index in [-0.39, 0.29) is 11.5 Å². The van der Waals surface area contributed by atoms with Crippen molar-refractivity contribution in [3.8, 4) is 0 Å². The molecule has 0 unspecified atom stereocenters. The Morgan fingerprint density at radius 3 is 2.88 bits per heavy atom. The molecule has 1 N–H and O–H groups in total. The molecule has 0 bridgehead atoms. The molecule has 1 aliphatic rings. The minimum absolute atomic E-state index is 0.0408. The van der Waals surface area contributed by atoms with E-state index in [1.54, 1.807) is 25.2 Å². The summed E-state index contributed by atoms with van der Waals surface area (Å²) in [5.74, 6) is 0.776. The van der Waals surface area contributed by atoms with E-state index in [1.165, 1.54) is 23.8 Å². The molecule has 1 saturated heterocycles. The van der Waals surface area contributed by atoms with Crippen molar-refractivity contribution in [2.45, 2.75) is 39.0 Å². The van der Waals surface area contributed by atoms with Crippen LogP contribution in [-0.4, -0.2) is 33.4 Å². The van der Waals surface area contributed by atoms with E-state index in [4.69, 9.17) is 12.2 Å². The minimum Gasteiger partial charge on any atom is -0.339 e. The molecule has 2 aromatic rings. The Morgan fingerprint density at radius 2 is 2.12 bits per heavy atom. The molecule has 3 rings (SSSR count). The zero-order valence-corrected chi connectivity index (χ0v) is 15.7. The molecule has 1 aliphatic heterocycles. The molecule has 2 heterocycles. The van der Waals surface area contributed by atoms with Crippen LogP contribution in [0.4, 0.5) is 0 Å². The number of hydrogen-bond acceptors (Lipinski definition) is 3. The van der Waals surface area contributed by atoms with Crippen molar-refractivity contribution in [2.24, 2.45) is 13.0 Å². The van der Waals surface area contributed by atoms with Gasteiger partial charge in [-0.3, -0.25) is 14.2 Å². The summed E-state index contributed by atoms with van der Waals surface area (Å²) >= 11 is 5.17. The molecule has 1 amide bonds. The molecular weight excluding hydrogens is 334 g/mol. The van der Waals surface area contributed by atoms with Gasteiger partial charge < -0.3 is 9.88 Å². The predicted molar refractivity (Wildman–Crippen MR) is 103 cm³/mol. The summed E-state index contributed by atoms with van der Waals surface area (Å²) in [6.07, 6.45) is 5.80. The lowest BCUT2D eigenvalue weighted by Crippen LogP contribution is -2.32. The van der Waals surface area contributed by atoms with E-state index in [0.29, 0.717) is 21.2 Å². The monoisotopic (exact) mass is 359 g/mol. The fourth-order valence-electron chi connectivity index (χ4n) is 3.69. The van der Waals surface area contributed by atoms with Gasteiger partial charge in [-0.25, -0.2) is 0 Å². The predicted octanol–water partition coefficient (Wildman–Crippen LogP) is 3.64. The van der Waals surface area contributed by atoms with Crippen LogP contribution in [0, 0.1) is 10.7 Å². The zero-order valence-electron chi connectivity index (χ0n) is 14.9. The molecule has 5 nitrogen and oxygen atoms in total. The highest BCUT2D eigenvalue weighted by atomic mass is 32.1. The summed E-state index contributed by atoms with van der Waals surface area (Å²) < 4.78 is 1.77. The van der Waals surface area contributed by atoms with Crippen LogP contribution in [0.3, 0.4) is 0 Å². The number of aromatic nitrogens is 2. The molecular formula is C19H25N3O2S. The van der Waals surface area contributed by atoms with Crippen molar-refractivity contribution >= 4 is 29.0 Å². The number of aromatic amines is 1. The molecule has 0 radical (unpaired) electrons. The molecule has 25 heavy (non-hydrogen) atoms. The van der Waals surface area contributed by atoms with Crippen LogP contribution in [0.15, 0.2) is 23.0 Å². The van der Waals surface area contributed by atoms with E-state index in [9.17, 15) is 9.59 Å². The summed E-state index contributed by atoms with van der Waals surface area (Å²) in [5, 5.41) is 0.548. The molecule has 1 fully saturated rings. The maximum Gasteiger partial charge on any atom is 0.261 e. The zero-order chi connectivity index (χ0) is 18.0. The first-order chi connectivity index (χ1) is 12.0. The van der Waals surface area contributed by atoms with Gasteiger partial charge in [0.2, 0.25) is 0 Å². The Morgan fingerprint density at radius 1 is 1.32 bits per heavy atom. The number of rotatable bonds is 3. The first-order valence-corrected chi connectivity index (χ1v) is 9.44. The molecule has 0 saturated carbocycles. The number of amides is 1. The van der Waals surface area contributed by atoms with Crippen LogP contribution in [0.2, 0.25) is 0 Å². The Balaban J connectivity index is 1.86. The third kappa shape index (κ3) is 3.68. The second-order valence-corrected chi connectivity index (χ2v) is 7.32. The maximum absolute atomic E-state index is 12.9. The van der Waals surface area contributed by atoms with Gasteiger partial charge in [0.25, 0.3) is 11.5 Å². The van der Waals surface area contributed by atoms with Gasteiger partial charge in [0.05, 0.1) is 10.9 Å². The summed E-state index contributed by atoms with van der Waals surface area (Å²) in [6, 6.07) is 5.22. The number of H-pyrrole nitrogens is 1. The van der Waals surface area contributed by atoms with Gasteiger partial charge in [0, 0.05) is 25.7 Å². The first-order valence-electron chi connectivity index (χ1n) is 9.03. The third-order valence-electron chi connectivity index (χ3n) is 5.18. The number of carbonyl (C=O) groups excluding carboxylic acids is 1. The molecule has 6 heteroatoms. The SMILES string of the molecule is CCC[C@H]1CCCN(C(=O)c2ccc3c(=O)n(C)c(=S)[nH]c3c2)CC1. The van der Waals surface area contributed by atoms with Crippen LogP contribution in [0.5, 0.6) is 0 Å². The molecule has 0 spiro atoms. The smallest absolute Gasteiger partial charge is 0.261 e. The number of likely N-dealkylation sites (tertiary alicyclic amines) is 1. The second kappa shape index (κ2) is 7.52. The summed E-state index contributed by atoms with van der Waals surface area (Å²) in [6.45, 7) is 3.84. The van der Waals surface area contributed by atoms with Crippen LogP contribution < -0.4 is 5.56 Å². The number of fused-ring (bicyclic) bond motifs is 1. The van der Waals surface area contributed by atoms with Crippen molar-refractivity contribution in [3.63, 3.8) is 0 Å². The number of benzene rings is 1. The number of hydrogen-bond donors (Lipinski definition) is 1. The lowest BCUT2D eigenvalue weighted by molar-refractivity contribution is 0.0760. The van der Waals surface area contributed by atoms with Gasteiger partial charge in [-0.2, -0.15) is 0 Å². The van der Waals surface area contributed by atoms with Gasteiger partial charge in [0.15, 0.2) is 4.77 Å². The van der Waals surface area contributed by atoms with Gasteiger partial charge in [-0.15, -0.1) is 0 Å². The van der Waals surface area contributed by atoms with Crippen molar-refractivity contribution in [3.05, 3.63) is 38.9 Å². The summed E-state index contributed by atoms with van der Waals surface area (Å²) in [5.41, 5.74) is 1.09. The van der Waals surface area contributed by atoms with Gasteiger partial charge in [-0.1, -0.05) is 19.8 Å². The van der Waals surface area contributed by atoms with Crippen molar-refractivity contribution < 1.29 is 4.79 Å². The third-order valence-corrected chi connectivity index (χ3v) is 5.56. The Hall–Kier alpha value is -1.95. The largest absolute Gasteiger partial charge is 0.339 e. The van der Waals surface area contributed by atoms with Gasteiger partial charge in [-0.05, 0) is 55.6 Å². The van der Waals surface area contributed by atoms with E-state index < -0.39 is 0 Å². The molecule has 1 aromatic carbocycles. The molecule has 0 aliphatic carbocycles. The van der Waals surface area contributed by atoms with Gasteiger partial charge >= 0.3 is 0 Å². The quantitative estimate of drug-likeness (QED) is 0.851. The average molecular weight is 359 g/mol. The van der Waals surface area contributed by atoms with Crippen molar-refractivity contribution in [1.82, 2.24) is 14.5 Å². The van der Waals surface area contributed by atoms with Crippen molar-refractivity contribution in [2.75, 3.05) is 13.1 Å². The van der Waals surface area contributed by atoms with E-state index in [2.05, 4.69) is 11.9 Å². The fraction of sp³-hybridized carbons (Fsp3) is 0.526. The highest BCUT2D eigenvalue weighted by molar-refractivity contribution is 7.71. The van der Waals surface area contributed by atoms with Crippen LogP contribution in [0.25, 0.3) is 10.9 Å². The highest BCUT2D eigenvalue weighted by Gasteiger charge is 2.21. The maximum atomic E-state index is 12.9. The molecule has 1 atom stereocenters. The topological polar surface area (TPSA) is 58.1 Å². The number of nitrogens with zero attached hydrogens (tertiary/aromatic N) is 2. The summed E-state index contributed by atoms with van der Waals surface area (Å²) in [4.78, 5) is 30.1. The van der Waals surface area contributed by atoms with E-state index >= 15 is 0 Å². The normalized spacial score (nSPS) is 18.3. The lowest BCUT2D eigenvalue weighted by atomic mass is 9.96. The van der Waals surface area contributed by atoms with Crippen LogP contribution in [0.1, 0.15) is 49.4 Å². The fourth-order valence-corrected chi connectivity index (χ4v) is 3.88. The van der Waals surface area contributed by atoms with Crippen LogP contribution >= 0.6 is 12.2 Å². The molecule has 1 aromatic heterocycles. The summed E-state index contributed by atoms with van der Waals surface area (Å²) in [7, 11) is 1.64. The van der Waals surface area contributed by atoms with E-state index in [1.807, 2.05) is 4.90 Å². The highest BCUT2D eigenvalue weighted by Crippen LogP contribution is 2.23. The van der Waals surface area contributed by atoms with Crippen molar-refractivity contribution in [1.29, 1.82) is 0 Å². The standard InChI is InChI=1S/C19H25N3O2S/c1-3-5-13-6-4-10-22(11-9-13)17(23)14-7-8-15-16(12-14)20-19(25)21(2)18(15)24/h7-8,12-13H,3-6,9-11H2,1-2H3,(H,20,25)/t13-/m0/s1. The average Bonchev–Trinajstić information content (AvgIpc) is 2.85. The number of carbonyl (C=O) groups is 1. The Labute approximate surface area is 152 Å². The number of nitrogens with one attached hydrogen (secondary N) is 1. The Bertz CT molecular complexity index is 900. The van der Waals surface area contributed by atoms with Gasteiger partial charge in [0.1, 0.15) is 0 Å². The Kier molecular flexibility index (Phi) is 5.37. The van der Waals surface area contributed by atoms with E-state index in [0.717, 1.165) is 31.8 Å². The second-order valence-electron chi connectivity index (χ2n) is 6.93. The van der Waals surface area contributed by atoms with Crippen LogP contribution in [-0.2, 0) is 7.05 Å². The first kappa shape index (κ1) is 17.9. The molecule has 134 valence electrons. The minimum atomic E-state index is -0.144.